The van der Waals surface area contributed by atoms with Gasteiger partial charge in [0.25, 0.3) is 0 Å². The molecule has 0 bridgehead atoms. The molecular formula is C12H16ClN5S. The SMILES string of the molecule is Cc1ccc(C(C)Nc2nc(Cl)nc(N(C)C)n2)s1. The molecule has 0 fully saturated rings. The summed E-state index contributed by atoms with van der Waals surface area (Å²) in [6.45, 7) is 4.16. The third-order valence-corrected chi connectivity index (χ3v) is 3.88. The summed E-state index contributed by atoms with van der Waals surface area (Å²) < 4.78 is 0. The molecule has 0 aromatic carbocycles. The van der Waals surface area contributed by atoms with Crippen molar-refractivity contribution in [1.29, 1.82) is 0 Å². The minimum atomic E-state index is 0.132. The van der Waals surface area contributed by atoms with Crippen LogP contribution in [0.4, 0.5) is 11.9 Å². The van der Waals surface area contributed by atoms with Crippen molar-refractivity contribution in [3.63, 3.8) is 0 Å². The molecule has 1 atom stereocenters. The van der Waals surface area contributed by atoms with Crippen LogP contribution in [0.1, 0.15) is 22.7 Å². The maximum atomic E-state index is 5.90. The van der Waals surface area contributed by atoms with Gasteiger partial charge in [-0.15, -0.1) is 11.3 Å². The van der Waals surface area contributed by atoms with Gasteiger partial charge < -0.3 is 10.2 Å². The average Bonchev–Trinajstić information content (AvgIpc) is 2.75. The van der Waals surface area contributed by atoms with Crippen LogP contribution in [0.25, 0.3) is 0 Å². The van der Waals surface area contributed by atoms with Crippen LogP contribution >= 0.6 is 22.9 Å². The van der Waals surface area contributed by atoms with E-state index < -0.39 is 0 Å². The Bertz CT molecular complexity index is 569. The van der Waals surface area contributed by atoms with Crippen molar-refractivity contribution >= 4 is 34.8 Å². The molecular weight excluding hydrogens is 282 g/mol. The van der Waals surface area contributed by atoms with Crippen LogP contribution in [-0.2, 0) is 0 Å². The maximum absolute atomic E-state index is 5.90. The highest BCUT2D eigenvalue weighted by molar-refractivity contribution is 7.12. The van der Waals surface area contributed by atoms with Gasteiger partial charge in [-0.1, -0.05) is 0 Å². The molecule has 0 aliphatic rings. The van der Waals surface area contributed by atoms with E-state index in [-0.39, 0.29) is 11.3 Å². The molecule has 0 radical (unpaired) electrons. The van der Waals surface area contributed by atoms with E-state index >= 15 is 0 Å². The summed E-state index contributed by atoms with van der Waals surface area (Å²) in [5, 5.41) is 3.44. The molecule has 102 valence electrons. The van der Waals surface area contributed by atoms with E-state index in [2.05, 4.69) is 46.2 Å². The second-order valence-electron chi connectivity index (χ2n) is 4.44. The zero-order chi connectivity index (χ0) is 14.0. The molecule has 1 N–H and O–H groups in total. The smallest absolute Gasteiger partial charge is 0.230 e. The molecule has 2 aromatic rings. The van der Waals surface area contributed by atoms with E-state index in [0.717, 1.165) is 0 Å². The summed E-state index contributed by atoms with van der Waals surface area (Å²) in [4.78, 5) is 16.8. The predicted molar refractivity (Wildman–Crippen MR) is 80.3 cm³/mol. The number of aromatic nitrogens is 3. The Morgan fingerprint density at radius 1 is 1.26 bits per heavy atom. The highest BCUT2D eigenvalue weighted by Gasteiger charge is 2.12. The topological polar surface area (TPSA) is 53.9 Å². The van der Waals surface area contributed by atoms with Gasteiger partial charge in [0.1, 0.15) is 0 Å². The monoisotopic (exact) mass is 297 g/mol. The molecule has 0 saturated heterocycles. The third kappa shape index (κ3) is 3.54. The number of halogens is 1. The largest absolute Gasteiger partial charge is 0.347 e. The lowest BCUT2D eigenvalue weighted by molar-refractivity contribution is 0.862. The fourth-order valence-corrected chi connectivity index (χ4v) is 2.59. The maximum Gasteiger partial charge on any atom is 0.230 e. The van der Waals surface area contributed by atoms with E-state index in [1.54, 1.807) is 16.2 Å². The molecule has 2 rings (SSSR count). The molecule has 0 spiro atoms. The molecule has 0 saturated carbocycles. The van der Waals surface area contributed by atoms with Crippen molar-refractivity contribution in [3.05, 3.63) is 27.2 Å². The number of hydrogen-bond donors (Lipinski definition) is 1. The van der Waals surface area contributed by atoms with Crippen molar-refractivity contribution in [1.82, 2.24) is 15.0 Å². The summed E-state index contributed by atoms with van der Waals surface area (Å²) in [7, 11) is 3.73. The summed E-state index contributed by atoms with van der Waals surface area (Å²) in [6.07, 6.45) is 0. The van der Waals surface area contributed by atoms with Gasteiger partial charge in [0.05, 0.1) is 6.04 Å². The predicted octanol–water partition coefficient (Wildman–Crippen LogP) is 3.13. The van der Waals surface area contributed by atoms with Crippen LogP contribution in [0.2, 0.25) is 5.28 Å². The first-order valence-electron chi connectivity index (χ1n) is 5.87. The van der Waals surface area contributed by atoms with Crippen molar-refractivity contribution in [2.45, 2.75) is 19.9 Å². The van der Waals surface area contributed by atoms with Crippen molar-refractivity contribution in [2.75, 3.05) is 24.3 Å². The van der Waals surface area contributed by atoms with Gasteiger partial charge in [-0.25, -0.2) is 0 Å². The lowest BCUT2D eigenvalue weighted by Gasteiger charge is -2.15. The van der Waals surface area contributed by atoms with E-state index in [1.165, 1.54) is 9.75 Å². The first-order chi connectivity index (χ1) is 8.95. The number of nitrogens with one attached hydrogen (secondary N) is 1. The number of hydrogen-bond acceptors (Lipinski definition) is 6. The number of aryl methyl sites for hydroxylation is 1. The molecule has 0 aliphatic carbocycles. The minimum Gasteiger partial charge on any atom is -0.347 e. The normalized spacial score (nSPS) is 12.3. The first kappa shape index (κ1) is 14.0. The second-order valence-corrected chi connectivity index (χ2v) is 6.09. The quantitative estimate of drug-likeness (QED) is 0.939. The van der Waals surface area contributed by atoms with Gasteiger partial charge in [0.15, 0.2) is 0 Å². The fourth-order valence-electron chi connectivity index (χ4n) is 1.56. The first-order valence-corrected chi connectivity index (χ1v) is 7.07. The van der Waals surface area contributed by atoms with Crippen LogP contribution in [0.15, 0.2) is 12.1 Å². The van der Waals surface area contributed by atoms with Gasteiger partial charge in [-0.05, 0) is 37.6 Å². The lowest BCUT2D eigenvalue weighted by atomic mass is 10.3. The summed E-state index contributed by atoms with van der Waals surface area (Å²) in [5.74, 6) is 1.03. The summed E-state index contributed by atoms with van der Waals surface area (Å²) in [5.41, 5.74) is 0. The van der Waals surface area contributed by atoms with Crippen LogP contribution in [0, 0.1) is 6.92 Å². The molecule has 2 aromatic heterocycles. The van der Waals surface area contributed by atoms with Crippen LogP contribution < -0.4 is 10.2 Å². The van der Waals surface area contributed by atoms with Crippen molar-refractivity contribution in [2.24, 2.45) is 0 Å². The Morgan fingerprint density at radius 2 is 2.00 bits per heavy atom. The van der Waals surface area contributed by atoms with E-state index in [1.807, 2.05) is 14.1 Å². The van der Waals surface area contributed by atoms with Gasteiger partial charge in [-0.2, -0.15) is 15.0 Å². The molecule has 1 unspecified atom stereocenters. The molecule has 7 heteroatoms. The van der Waals surface area contributed by atoms with Gasteiger partial charge in [0, 0.05) is 23.8 Å². The highest BCUT2D eigenvalue weighted by Crippen LogP contribution is 2.25. The standard InChI is InChI=1S/C12H16ClN5S/c1-7-5-6-9(19-7)8(2)14-11-15-10(13)16-12(17-11)18(3)4/h5-6,8H,1-4H3,(H,14,15,16,17). The van der Waals surface area contributed by atoms with Gasteiger partial charge in [0.2, 0.25) is 17.2 Å². The van der Waals surface area contributed by atoms with Crippen molar-refractivity contribution in [3.8, 4) is 0 Å². The Morgan fingerprint density at radius 3 is 2.58 bits per heavy atom. The number of thiophene rings is 1. The van der Waals surface area contributed by atoms with Crippen LogP contribution in [0.5, 0.6) is 0 Å². The number of nitrogens with zero attached hydrogens (tertiary/aromatic N) is 4. The molecule has 2 heterocycles. The average molecular weight is 298 g/mol. The summed E-state index contributed by atoms with van der Waals surface area (Å²) >= 11 is 7.65. The van der Waals surface area contributed by atoms with Gasteiger partial charge in [-0.3, -0.25) is 0 Å². The third-order valence-electron chi connectivity index (χ3n) is 2.53. The lowest BCUT2D eigenvalue weighted by Crippen LogP contribution is -2.16. The Kier molecular flexibility index (Phi) is 4.21. The Labute approximate surface area is 121 Å². The van der Waals surface area contributed by atoms with Crippen molar-refractivity contribution < 1.29 is 0 Å². The molecule has 0 aliphatic heterocycles. The summed E-state index contributed by atoms with van der Waals surface area (Å²) in [6, 6.07) is 4.34. The van der Waals surface area contributed by atoms with E-state index in [0.29, 0.717) is 11.9 Å². The van der Waals surface area contributed by atoms with E-state index in [4.69, 9.17) is 11.6 Å². The zero-order valence-electron chi connectivity index (χ0n) is 11.3. The highest BCUT2D eigenvalue weighted by atomic mass is 35.5. The van der Waals surface area contributed by atoms with Crippen LogP contribution in [-0.4, -0.2) is 29.0 Å². The number of rotatable bonds is 4. The number of anilines is 2. The Hall–Kier alpha value is -1.40. The van der Waals surface area contributed by atoms with Crippen LogP contribution in [0.3, 0.4) is 0 Å². The molecule has 0 amide bonds. The zero-order valence-corrected chi connectivity index (χ0v) is 12.9. The minimum absolute atomic E-state index is 0.132. The van der Waals surface area contributed by atoms with Gasteiger partial charge >= 0.3 is 0 Å². The second kappa shape index (κ2) is 5.71. The fraction of sp³-hybridized carbons (Fsp3) is 0.417. The van der Waals surface area contributed by atoms with E-state index in [9.17, 15) is 0 Å². The molecule has 5 nitrogen and oxygen atoms in total. The Balaban J connectivity index is 2.18. The molecule has 19 heavy (non-hydrogen) atoms.